The summed E-state index contributed by atoms with van der Waals surface area (Å²) < 4.78 is 6.39. The number of halogens is 2. The first-order chi connectivity index (χ1) is 14.6. The maximum Gasteiger partial charge on any atom is 0.317 e. The standard InChI is InChI=1S/C21H17Cl2N5O2/c22-16-6-1-4-14(10-16)12-24-20-26-21(25-13-15-5-2-7-17(23)11-15)28(27-20)19(29)18-8-3-9-30-18/h1-11H,12-13H2,(H2,24,25,26,27). The minimum absolute atomic E-state index is 0.159. The van der Waals surface area contributed by atoms with Crippen LogP contribution < -0.4 is 10.6 Å². The van der Waals surface area contributed by atoms with Gasteiger partial charge < -0.3 is 15.1 Å². The van der Waals surface area contributed by atoms with Gasteiger partial charge in [-0.1, -0.05) is 47.5 Å². The van der Waals surface area contributed by atoms with Crippen LogP contribution in [0.15, 0.2) is 71.3 Å². The van der Waals surface area contributed by atoms with E-state index in [0.29, 0.717) is 29.1 Å². The maximum atomic E-state index is 12.8. The fourth-order valence-corrected chi connectivity index (χ4v) is 3.23. The second kappa shape index (κ2) is 9.02. The van der Waals surface area contributed by atoms with Crippen LogP contribution in [0.4, 0.5) is 11.9 Å². The third kappa shape index (κ3) is 4.82. The zero-order valence-electron chi connectivity index (χ0n) is 15.7. The summed E-state index contributed by atoms with van der Waals surface area (Å²) in [4.78, 5) is 17.2. The first-order valence-electron chi connectivity index (χ1n) is 9.10. The molecule has 7 nitrogen and oxygen atoms in total. The Morgan fingerprint density at radius 3 is 2.20 bits per heavy atom. The SMILES string of the molecule is O=C(c1ccco1)n1nc(NCc2cccc(Cl)c2)nc1NCc1cccc(Cl)c1. The van der Waals surface area contributed by atoms with Crippen LogP contribution in [0.1, 0.15) is 21.7 Å². The topological polar surface area (TPSA) is 85.0 Å². The van der Waals surface area contributed by atoms with E-state index in [2.05, 4.69) is 20.7 Å². The number of benzene rings is 2. The van der Waals surface area contributed by atoms with Crippen molar-refractivity contribution in [1.82, 2.24) is 14.8 Å². The highest BCUT2D eigenvalue weighted by atomic mass is 35.5. The van der Waals surface area contributed by atoms with Crippen molar-refractivity contribution < 1.29 is 9.21 Å². The molecule has 0 saturated heterocycles. The number of nitrogens with one attached hydrogen (secondary N) is 2. The molecule has 0 radical (unpaired) electrons. The van der Waals surface area contributed by atoms with Crippen LogP contribution in [0.5, 0.6) is 0 Å². The summed E-state index contributed by atoms with van der Waals surface area (Å²) in [6.45, 7) is 0.867. The van der Waals surface area contributed by atoms with Gasteiger partial charge in [0.1, 0.15) is 0 Å². The number of hydrogen-bond acceptors (Lipinski definition) is 6. The molecule has 0 aliphatic rings. The van der Waals surface area contributed by atoms with Crippen molar-refractivity contribution in [3.8, 4) is 0 Å². The second-order valence-electron chi connectivity index (χ2n) is 6.42. The zero-order valence-corrected chi connectivity index (χ0v) is 17.2. The Hall–Kier alpha value is -3.29. The van der Waals surface area contributed by atoms with Crippen molar-refractivity contribution in [3.05, 3.63) is 93.9 Å². The predicted molar refractivity (Wildman–Crippen MR) is 116 cm³/mol. The van der Waals surface area contributed by atoms with Crippen LogP contribution in [0.2, 0.25) is 10.0 Å². The van der Waals surface area contributed by atoms with Gasteiger partial charge in [-0.2, -0.15) is 9.67 Å². The normalized spacial score (nSPS) is 10.7. The van der Waals surface area contributed by atoms with Crippen LogP contribution >= 0.6 is 23.2 Å². The smallest absolute Gasteiger partial charge is 0.317 e. The van der Waals surface area contributed by atoms with E-state index in [1.54, 1.807) is 24.3 Å². The summed E-state index contributed by atoms with van der Waals surface area (Å²) in [5, 5.41) is 11.8. The van der Waals surface area contributed by atoms with Crippen LogP contribution in [0.25, 0.3) is 0 Å². The van der Waals surface area contributed by atoms with Crippen molar-refractivity contribution in [3.63, 3.8) is 0 Å². The third-order valence-corrected chi connectivity index (χ3v) is 4.68. The molecular formula is C21H17Cl2N5O2. The minimum atomic E-state index is -0.433. The first-order valence-corrected chi connectivity index (χ1v) is 9.86. The van der Waals surface area contributed by atoms with Crippen LogP contribution in [0, 0.1) is 0 Å². The molecule has 152 valence electrons. The molecule has 4 rings (SSSR count). The highest BCUT2D eigenvalue weighted by molar-refractivity contribution is 6.30. The fourth-order valence-electron chi connectivity index (χ4n) is 2.80. The monoisotopic (exact) mass is 441 g/mol. The van der Waals surface area contributed by atoms with E-state index < -0.39 is 5.91 Å². The Morgan fingerprint density at radius 2 is 1.60 bits per heavy atom. The summed E-state index contributed by atoms with van der Waals surface area (Å²) in [7, 11) is 0. The molecule has 0 atom stereocenters. The molecule has 0 bridgehead atoms. The molecule has 0 amide bonds. The van der Waals surface area contributed by atoms with E-state index in [4.69, 9.17) is 27.6 Å². The number of rotatable bonds is 7. The Kier molecular flexibility index (Phi) is 6.02. The lowest BCUT2D eigenvalue weighted by Gasteiger charge is -2.06. The highest BCUT2D eigenvalue weighted by Crippen LogP contribution is 2.17. The largest absolute Gasteiger partial charge is 0.459 e. The van der Waals surface area contributed by atoms with Crippen molar-refractivity contribution in [2.24, 2.45) is 0 Å². The number of furan rings is 1. The molecular weight excluding hydrogens is 425 g/mol. The Balaban J connectivity index is 1.55. The van der Waals surface area contributed by atoms with E-state index in [1.165, 1.54) is 10.9 Å². The van der Waals surface area contributed by atoms with Gasteiger partial charge in [0.05, 0.1) is 6.26 Å². The molecule has 2 aromatic carbocycles. The molecule has 30 heavy (non-hydrogen) atoms. The van der Waals surface area contributed by atoms with Gasteiger partial charge in [-0.05, 0) is 47.5 Å². The summed E-state index contributed by atoms with van der Waals surface area (Å²) in [6, 6.07) is 18.1. The average molecular weight is 442 g/mol. The quantitative estimate of drug-likeness (QED) is 0.415. The molecule has 0 spiro atoms. The Bertz CT molecular complexity index is 1160. The summed E-state index contributed by atoms with van der Waals surface area (Å²) >= 11 is 12.1. The fraction of sp³-hybridized carbons (Fsp3) is 0.0952. The van der Waals surface area contributed by atoms with E-state index in [-0.39, 0.29) is 11.7 Å². The zero-order chi connectivity index (χ0) is 20.9. The van der Waals surface area contributed by atoms with Crippen LogP contribution in [-0.2, 0) is 13.1 Å². The van der Waals surface area contributed by atoms with E-state index >= 15 is 0 Å². The number of nitrogens with zero attached hydrogens (tertiary/aromatic N) is 3. The predicted octanol–water partition coefficient (Wildman–Crippen LogP) is 5.09. The van der Waals surface area contributed by atoms with Gasteiger partial charge in [0, 0.05) is 23.1 Å². The van der Waals surface area contributed by atoms with E-state index in [9.17, 15) is 4.79 Å². The van der Waals surface area contributed by atoms with E-state index in [1.807, 2.05) is 36.4 Å². The van der Waals surface area contributed by atoms with Crippen LogP contribution in [-0.4, -0.2) is 20.7 Å². The summed E-state index contributed by atoms with van der Waals surface area (Å²) in [5.74, 6) is 0.303. The van der Waals surface area contributed by atoms with Crippen molar-refractivity contribution in [1.29, 1.82) is 0 Å². The number of hydrogen-bond donors (Lipinski definition) is 2. The summed E-state index contributed by atoms with van der Waals surface area (Å²) in [6.07, 6.45) is 1.43. The van der Waals surface area contributed by atoms with Gasteiger partial charge in [0.2, 0.25) is 11.9 Å². The number of anilines is 2. The molecule has 2 N–H and O–H groups in total. The lowest BCUT2D eigenvalue weighted by molar-refractivity contribution is 0.0920. The van der Waals surface area contributed by atoms with E-state index in [0.717, 1.165) is 11.1 Å². The second-order valence-corrected chi connectivity index (χ2v) is 7.29. The lowest BCUT2D eigenvalue weighted by atomic mass is 10.2. The minimum Gasteiger partial charge on any atom is -0.459 e. The first kappa shape index (κ1) is 20.0. The maximum absolute atomic E-state index is 12.8. The molecule has 0 aliphatic carbocycles. The van der Waals surface area contributed by atoms with Crippen LogP contribution in [0.3, 0.4) is 0 Å². The Morgan fingerprint density at radius 1 is 0.933 bits per heavy atom. The lowest BCUT2D eigenvalue weighted by Crippen LogP contribution is -2.17. The van der Waals surface area contributed by atoms with Gasteiger partial charge in [-0.15, -0.1) is 5.10 Å². The van der Waals surface area contributed by atoms with Gasteiger partial charge >= 0.3 is 5.91 Å². The number of carbonyl (C=O) groups is 1. The highest BCUT2D eigenvalue weighted by Gasteiger charge is 2.20. The van der Waals surface area contributed by atoms with Gasteiger partial charge in [0.25, 0.3) is 0 Å². The van der Waals surface area contributed by atoms with Gasteiger partial charge in [0.15, 0.2) is 5.76 Å². The number of carbonyl (C=O) groups excluding carboxylic acids is 1. The van der Waals surface area contributed by atoms with Crippen molar-refractivity contribution >= 4 is 41.0 Å². The molecule has 0 unspecified atom stereocenters. The summed E-state index contributed by atoms with van der Waals surface area (Å²) in [5.41, 5.74) is 1.90. The molecule has 2 heterocycles. The molecule has 9 heteroatoms. The molecule has 0 fully saturated rings. The third-order valence-electron chi connectivity index (χ3n) is 4.21. The van der Waals surface area contributed by atoms with Crippen molar-refractivity contribution in [2.75, 3.05) is 10.6 Å². The molecule has 4 aromatic rings. The molecule has 0 saturated carbocycles. The Labute approximate surface area is 182 Å². The molecule has 2 aromatic heterocycles. The molecule has 0 aliphatic heterocycles. The van der Waals surface area contributed by atoms with Crippen molar-refractivity contribution in [2.45, 2.75) is 13.1 Å². The van der Waals surface area contributed by atoms with Gasteiger partial charge in [-0.25, -0.2) is 0 Å². The average Bonchev–Trinajstić information content (AvgIpc) is 3.41. The number of aromatic nitrogens is 3. The van der Waals surface area contributed by atoms with Gasteiger partial charge in [-0.3, -0.25) is 4.79 Å².